The number of halogens is 1. The van der Waals surface area contributed by atoms with Crippen LogP contribution in [0, 0.1) is 11.3 Å². The quantitative estimate of drug-likeness (QED) is 0.771. The zero-order chi connectivity index (χ0) is 10.8. The van der Waals surface area contributed by atoms with E-state index in [-0.39, 0.29) is 0 Å². The Balaban J connectivity index is 2.35. The lowest BCUT2D eigenvalue weighted by atomic mass is 10.0. The second-order valence-corrected chi connectivity index (χ2v) is 4.01. The predicted molar refractivity (Wildman–Crippen MR) is 61.9 cm³/mol. The van der Waals surface area contributed by atoms with Crippen LogP contribution in [0.25, 0.3) is 5.57 Å². The van der Waals surface area contributed by atoms with Gasteiger partial charge >= 0.3 is 0 Å². The van der Waals surface area contributed by atoms with Crippen LogP contribution >= 0.6 is 11.6 Å². The molecule has 0 radical (unpaired) electrons. The molecule has 0 amide bonds. The normalized spacial score (nSPS) is 16.5. The van der Waals surface area contributed by atoms with E-state index in [0.717, 1.165) is 12.8 Å². The lowest BCUT2D eigenvalue weighted by Crippen LogP contribution is -2.07. The van der Waals surface area contributed by atoms with Crippen molar-refractivity contribution < 1.29 is 0 Å². The van der Waals surface area contributed by atoms with E-state index in [1.165, 1.54) is 6.20 Å². The summed E-state index contributed by atoms with van der Waals surface area (Å²) in [5.74, 6) is 0.345. The van der Waals surface area contributed by atoms with Gasteiger partial charge in [0, 0.05) is 29.6 Å². The summed E-state index contributed by atoms with van der Waals surface area (Å²) in [5.41, 5.74) is 7.36. The van der Waals surface area contributed by atoms with Gasteiger partial charge in [-0.05, 0) is 25.0 Å². The molecule has 1 heterocycles. The minimum Gasteiger partial charge on any atom is -0.404 e. The van der Waals surface area contributed by atoms with Crippen molar-refractivity contribution in [2.75, 3.05) is 0 Å². The Kier molecular flexibility index (Phi) is 2.73. The zero-order valence-electron chi connectivity index (χ0n) is 8.20. The number of hydrogen-bond donors (Lipinski definition) is 2. The summed E-state index contributed by atoms with van der Waals surface area (Å²) in [5, 5.41) is 8.49. The number of rotatable bonds is 3. The van der Waals surface area contributed by atoms with E-state index in [0.29, 0.717) is 27.9 Å². The van der Waals surface area contributed by atoms with Crippen molar-refractivity contribution in [1.82, 2.24) is 4.98 Å². The number of hydrogen-bond acceptors (Lipinski definition) is 3. The summed E-state index contributed by atoms with van der Waals surface area (Å²) in [7, 11) is 0. The molecule has 1 aliphatic carbocycles. The van der Waals surface area contributed by atoms with Crippen molar-refractivity contribution in [3.8, 4) is 0 Å². The highest BCUT2D eigenvalue weighted by Gasteiger charge is 2.29. The van der Waals surface area contributed by atoms with Crippen LogP contribution in [0.1, 0.15) is 18.5 Å². The predicted octanol–water partition coefficient (Wildman–Crippen LogP) is 2.46. The van der Waals surface area contributed by atoms with Gasteiger partial charge in [-0.1, -0.05) is 11.6 Å². The molecule has 1 aromatic heterocycles. The summed E-state index contributed by atoms with van der Waals surface area (Å²) in [6.07, 6.45) is 5.22. The second kappa shape index (κ2) is 4.03. The van der Waals surface area contributed by atoms with Crippen molar-refractivity contribution in [2.45, 2.75) is 12.8 Å². The first kappa shape index (κ1) is 10.2. The molecule has 0 aromatic carbocycles. The summed E-state index contributed by atoms with van der Waals surface area (Å²) in [6.45, 7) is 0. The molecule has 0 spiro atoms. The van der Waals surface area contributed by atoms with Gasteiger partial charge in [0.25, 0.3) is 0 Å². The highest BCUT2D eigenvalue weighted by Crippen LogP contribution is 2.35. The monoisotopic (exact) mass is 221 g/mol. The molecule has 1 fully saturated rings. The van der Waals surface area contributed by atoms with Crippen molar-refractivity contribution in [3.05, 3.63) is 35.2 Å². The zero-order valence-corrected chi connectivity index (χ0v) is 8.96. The van der Waals surface area contributed by atoms with Crippen LogP contribution in [0.5, 0.6) is 0 Å². The van der Waals surface area contributed by atoms with Crippen molar-refractivity contribution in [3.63, 3.8) is 0 Å². The molecule has 3 nitrogen and oxygen atoms in total. The van der Waals surface area contributed by atoms with E-state index in [9.17, 15) is 0 Å². The third-order valence-corrected chi connectivity index (χ3v) is 2.76. The van der Waals surface area contributed by atoms with E-state index in [2.05, 4.69) is 4.98 Å². The molecule has 0 atom stereocenters. The number of nitrogens with one attached hydrogen (secondary N) is 1. The number of nitrogens with zero attached hydrogens (tertiary/aromatic N) is 1. The average Bonchev–Trinajstić information content (AvgIpc) is 3.05. The number of pyridine rings is 1. The Morgan fingerprint density at radius 2 is 2.33 bits per heavy atom. The molecular formula is C11H12ClN3. The van der Waals surface area contributed by atoms with E-state index < -0.39 is 0 Å². The Morgan fingerprint density at radius 1 is 1.60 bits per heavy atom. The fraction of sp³-hybridized carbons (Fsp3) is 0.273. The third kappa shape index (κ3) is 2.02. The van der Waals surface area contributed by atoms with Crippen LogP contribution in [-0.2, 0) is 0 Å². The molecule has 78 valence electrons. The second-order valence-electron chi connectivity index (χ2n) is 3.60. The third-order valence-electron chi connectivity index (χ3n) is 2.46. The fourth-order valence-electron chi connectivity index (χ4n) is 1.47. The molecule has 2 rings (SSSR count). The van der Waals surface area contributed by atoms with Crippen molar-refractivity contribution in [2.24, 2.45) is 11.7 Å². The summed E-state index contributed by atoms with van der Waals surface area (Å²) < 4.78 is 0. The Morgan fingerprint density at radius 3 is 2.87 bits per heavy atom. The highest BCUT2D eigenvalue weighted by atomic mass is 35.5. The largest absolute Gasteiger partial charge is 0.404 e. The van der Waals surface area contributed by atoms with Crippen LogP contribution in [-0.4, -0.2) is 10.7 Å². The molecule has 1 aromatic rings. The van der Waals surface area contributed by atoms with Gasteiger partial charge in [-0.15, -0.1) is 0 Å². The summed E-state index contributed by atoms with van der Waals surface area (Å²) in [4.78, 5) is 4.16. The Hall–Kier alpha value is -1.35. The first-order chi connectivity index (χ1) is 7.24. The van der Waals surface area contributed by atoms with Gasteiger partial charge in [-0.3, -0.25) is 4.98 Å². The maximum atomic E-state index is 7.95. The van der Waals surface area contributed by atoms with Crippen LogP contribution in [0.15, 0.2) is 24.5 Å². The molecule has 0 aliphatic heterocycles. The standard InChI is InChI=1S/C11H12ClN3/c12-9-2-1-5-15-11(9)8(6-13)10(14)7-3-4-7/h1-2,5-7,14H,3-4,13H2/b8-6+,14-10?. The van der Waals surface area contributed by atoms with E-state index in [1.807, 2.05) is 0 Å². The highest BCUT2D eigenvalue weighted by molar-refractivity contribution is 6.35. The lowest BCUT2D eigenvalue weighted by Gasteiger charge is -2.08. The van der Waals surface area contributed by atoms with E-state index in [1.54, 1.807) is 18.3 Å². The van der Waals surface area contributed by atoms with Crippen LogP contribution in [0.2, 0.25) is 5.02 Å². The molecular weight excluding hydrogens is 210 g/mol. The molecule has 1 aliphatic rings. The Labute approximate surface area is 93.5 Å². The summed E-state index contributed by atoms with van der Waals surface area (Å²) >= 11 is 6.01. The van der Waals surface area contributed by atoms with Gasteiger partial charge in [0.15, 0.2) is 0 Å². The van der Waals surface area contributed by atoms with Gasteiger partial charge in [0.1, 0.15) is 0 Å². The van der Waals surface area contributed by atoms with Crippen LogP contribution in [0.3, 0.4) is 0 Å². The minimum absolute atomic E-state index is 0.345. The molecule has 1 saturated carbocycles. The maximum absolute atomic E-state index is 7.95. The molecule has 15 heavy (non-hydrogen) atoms. The fourth-order valence-corrected chi connectivity index (χ4v) is 1.70. The maximum Gasteiger partial charge on any atom is 0.0920 e. The van der Waals surface area contributed by atoms with E-state index in [4.69, 9.17) is 22.7 Å². The van der Waals surface area contributed by atoms with Crippen LogP contribution < -0.4 is 5.73 Å². The average molecular weight is 222 g/mol. The number of nitrogens with two attached hydrogens (primary N) is 1. The Bertz CT molecular complexity index is 422. The first-order valence-electron chi connectivity index (χ1n) is 4.85. The van der Waals surface area contributed by atoms with Crippen molar-refractivity contribution in [1.29, 1.82) is 5.41 Å². The topological polar surface area (TPSA) is 62.8 Å². The van der Waals surface area contributed by atoms with Gasteiger partial charge in [0.05, 0.1) is 10.7 Å². The van der Waals surface area contributed by atoms with Gasteiger partial charge in [0.2, 0.25) is 0 Å². The van der Waals surface area contributed by atoms with E-state index >= 15 is 0 Å². The van der Waals surface area contributed by atoms with Gasteiger partial charge in [-0.2, -0.15) is 0 Å². The molecule has 0 unspecified atom stereocenters. The molecule has 0 saturated heterocycles. The minimum atomic E-state index is 0.345. The number of aromatic nitrogens is 1. The van der Waals surface area contributed by atoms with Crippen molar-refractivity contribution >= 4 is 22.9 Å². The smallest absolute Gasteiger partial charge is 0.0920 e. The van der Waals surface area contributed by atoms with Gasteiger partial charge < -0.3 is 11.1 Å². The van der Waals surface area contributed by atoms with Crippen LogP contribution in [0.4, 0.5) is 0 Å². The molecule has 4 heteroatoms. The first-order valence-corrected chi connectivity index (χ1v) is 5.23. The van der Waals surface area contributed by atoms with Gasteiger partial charge in [-0.25, -0.2) is 0 Å². The lowest BCUT2D eigenvalue weighted by molar-refractivity contribution is 1.16. The molecule has 0 bridgehead atoms. The summed E-state index contributed by atoms with van der Waals surface area (Å²) in [6, 6.07) is 3.52. The number of allylic oxidation sites excluding steroid dienone is 1. The SMILES string of the molecule is N=C(/C(=C\N)c1ncccc1Cl)C1CC1. The molecule has 3 N–H and O–H groups in total.